The Balaban J connectivity index is 1.10. The number of aliphatic hydroxyl groups excluding tert-OH is 5. The second kappa shape index (κ2) is 33.0. The molecule has 8 rings (SSSR count). The number of azide groups is 3. The molecule has 19 atom stereocenters. The van der Waals surface area contributed by atoms with Gasteiger partial charge in [-0.1, -0.05) is 144 Å². The van der Waals surface area contributed by atoms with Gasteiger partial charge in [-0.2, -0.15) is 0 Å². The lowest BCUT2D eigenvalue weighted by atomic mass is 9.79. The minimum absolute atomic E-state index is 0.0235. The van der Waals surface area contributed by atoms with E-state index in [1.165, 1.54) is 4.90 Å². The molecule has 2 aliphatic carbocycles. The van der Waals surface area contributed by atoms with E-state index in [-0.39, 0.29) is 65.1 Å². The second-order valence-corrected chi connectivity index (χ2v) is 22.0. The number of benzene rings is 4. The van der Waals surface area contributed by atoms with E-state index in [1.54, 1.807) is 61.5 Å². The molecule has 28 nitrogen and oxygen atoms in total. The van der Waals surface area contributed by atoms with Crippen LogP contribution in [0.4, 0.5) is 14.0 Å². The Kier molecular flexibility index (Phi) is 24.9. The van der Waals surface area contributed by atoms with Crippen LogP contribution in [0.15, 0.2) is 137 Å². The van der Waals surface area contributed by atoms with E-state index >= 15 is 4.39 Å². The first-order chi connectivity index (χ1) is 42.7. The number of alkyl halides is 1. The summed E-state index contributed by atoms with van der Waals surface area (Å²) in [6.45, 7) is -0.473. The number of ether oxygens (including phenoxy) is 8. The first-order valence-corrected chi connectivity index (χ1v) is 28.9. The number of nitrogens with zero attached hydrogens (tertiary/aromatic N) is 10. The third-order valence-electron chi connectivity index (χ3n) is 15.9. The summed E-state index contributed by atoms with van der Waals surface area (Å²) in [5.41, 5.74) is 30.4. The fourth-order valence-corrected chi connectivity index (χ4v) is 11.3. The van der Waals surface area contributed by atoms with Crippen molar-refractivity contribution < 1.29 is 82.2 Å². The van der Waals surface area contributed by atoms with Crippen molar-refractivity contribution in [2.75, 3.05) is 26.2 Å². The maximum absolute atomic E-state index is 16.0. The molecule has 7 N–H and O–H groups in total. The summed E-state index contributed by atoms with van der Waals surface area (Å²) in [6, 6.07) is 32.1. The van der Waals surface area contributed by atoms with Crippen LogP contribution in [-0.2, 0) is 69.1 Å². The van der Waals surface area contributed by atoms with Crippen LogP contribution >= 0.6 is 0 Å². The Morgan fingerprint density at radius 3 is 1.89 bits per heavy atom. The topological polar surface area (TPSA) is 400 Å². The molecule has 4 fully saturated rings. The minimum Gasteiger partial charge on any atom is -0.445 e. The molecule has 472 valence electrons. The molecule has 0 aromatic heterocycles. The van der Waals surface area contributed by atoms with Gasteiger partial charge in [0.2, 0.25) is 0 Å². The number of halogens is 1. The number of aliphatic hydroxyl groups is 5. The third-order valence-corrected chi connectivity index (χ3v) is 15.9. The smallest absolute Gasteiger partial charge is 0.410 e. The van der Waals surface area contributed by atoms with Crippen molar-refractivity contribution in [3.8, 4) is 0 Å². The second-order valence-electron chi connectivity index (χ2n) is 22.0. The zero-order valence-corrected chi connectivity index (χ0v) is 48.1. The van der Waals surface area contributed by atoms with Crippen LogP contribution in [0.3, 0.4) is 0 Å². The van der Waals surface area contributed by atoms with Gasteiger partial charge in [0.15, 0.2) is 18.7 Å². The monoisotopic (exact) mass is 1220 g/mol. The predicted molar refractivity (Wildman–Crippen MR) is 308 cm³/mol. The van der Waals surface area contributed by atoms with Gasteiger partial charge in [-0.3, -0.25) is 4.79 Å². The van der Waals surface area contributed by atoms with Crippen molar-refractivity contribution in [1.82, 2.24) is 15.5 Å². The molecule has 2 aliphatic heterocycles. The maximum Gasteiger partial charge on any atom is 0.410 e. The van der Waals surface area contributed by atoms with E-state index in [1.807, 2.05) is 66.7 Å². The highest BCUT2D eigenvalue weighted by atomic mass is 19.1. The molecule has 0 radical (unpaired) electrons. The van der Waals surface area contributed by atoms with Gasteiger partial charge in [0.05, 0.1) is 74.9 Å². The van der Waals surface area contributed by atoms with Crippen LogP contribution < -0.4 is 10.6 Å². The van der Waals surface area contributed by atoms with Gasteiger partial charge in [-0.05, 0) is 76.4 Å². The summed E-state index contributed by atoms with van der Waals surface area (Å²) in [5, 5.41) is 73.5. The van der Waals surface area contributed by atoms with Gasteiger partial charge >= 0.3 is 12.2 Å². The summed E-state index contributed by atoms with van der Waals surface area (Å²) in [4.78, 5) is 51.7. The van der Waals surface area contributed by atoms with Crippen LogP contribution in [0.2, 0.25) is 0 Å². The lowest BCUT2D eigenvalue weighted by molar-refractivity contribution is -0.296. The molecular weight excluding hydrogens is 1150 g/mol. The lowest BCUT2D eigenvalue weighted by Gasteiger charge is -2.47. The molecule has 29 heteroatoms. The number of hydrogen-bond acceptors (Lipinski definition) is 19. The van der Waals surface area contributed by atoms with Crippen LogP contribution in [0.25, 0.3) is 31.3 Å². The van der Waals surface area contributed by atoms with Gasteiger partial charge in [0, 0.05) is 27.8 Å². The van der Waals surface area contributed by atoms with Gasteiger partial charge in [-0.25, -0.2) is 14.0 Å². The molecule has 4 aromatic rings. The molecule has 0 bridgehead atoms. The van der Waals surface area contributed by atoms with E-state index in [4.69, 9.17) is 49.0 Å². The molecule has 4 aliphatic rings. The summed E-state index contributed by atoms with van der Waals surface area (Å²) < 4.78 is 65.9. The fourth-order valence-electron chi connectivity index (χ4n) is 11.3. The molecule has 2 saturated carbocycles. The molecular formula is C59H73FN12O16. The summed E-state index contributed by atoms with van der Waals surface area (Å²) in [7, 11) is 0. The highest BCUT2D eigenvalue weighted by Crippen LogP contribution is 2.39. The van der Waals surface area contributed by atoms with Crippen molar-refractivity contribution >= 4 is 18.1 Å². The van der Waals surface area contributed by atoms with E-state index < -0.39 is 147 Å². The molecule has 0 unspecified atom stereocenters. The average Bonchev–Trinajstić information content (AvgIpc) is 2.18. The fraction of sp³-hybridized carbons (Fsp3) is 0.542. The number of nitrogens with one attached hydrogen (secondary N) is 2. The van der Waals surface area contributed by atoms with Crippen molar-refractivity contribution in [3.63, 3.8) is 0 Å². The maximum atomic E-state index is 16.0. The zero-order chi connectivity index (χ0) is 62.5. The van der Waals surface area contributed by atoms with Crippen molar-refractivity contribution in [1.29, 1.82) is 0 Å². The number of rotatable bonds is 27. The average molecular weight is 1230 g/mol. The Bertz CT molecular complexity index is 3000. The van der Waals surface area contributed by atoms with Crippen LogP contribution in [0.5, 0.6) is 0 Å². The Morgan fingerprint density at radius 1 is 0.670 bits per heavy atom. The largest absolute Gasteiger partial charge is 0.445 e. The quantitative estimate of drug-likeness (QED) is 0.0202. The molecule has 3 amide bonds. The van der Waals surface area contributed by atoms with E-state index in [0.717, 1.165) is 11.1 Å². The SMILES string of the molecule is C[C@H]1C[C@@H](NC(=O)[C@@H](OCc2ccccc2)[C@H](F)CN=[N+]=[N-])[C@H](O)[C@@H](O[C@@H]2O[C@H](CO)[C@@H](O[C@H]3C[C@@H](CN=[N+]=[N-])[C@@H](O)[C@H](O)[C@H]3N=[N+]=[N-])[C@H]2O)[C@@H]1O[C@H]1O[C@H](CN(Cc2ccccc2)C(=O)OCc2ccccc2)CC[C@H]1NC(=O)OCc1ccccc1. The van der Waals surface area contributed by atoms with Gasteiger partial charge in [-0.15, -0.1) is 0 Å². The molecule has 0 spiro atoms. The summed E-state index contributed by atoms with van der Waals surface area (Å²) in [5.74, 6) is -2.73. The summed E-state index contributed by atoms with van der Waals surface area (Å²) >= 11 is 0. The van der Waals surface area contributed by atoms with Crippen molar-refractivity contribution in [3.05, 3.63) is 175 Å². The Labute approximate surface area is 505 Å². The van der Waals surface area contributed by atoms with Crippen LogP contribution in [-0.4, -0.2) is 179 Å². The summed E-state index contributed by atoms with van der Waals surface area (Å²) in [6.07, 6.45) is -23.5. The first-order valence-electron chi connectivity index (χ1n) is 28.9. The molecule has 4 aromatic carbocycles. The van der Waals surface area contributed by atoms with Gasteiger partial charge in [0.1, 0.15) is 49.9 Å². The van der Waals surface area contributed by atoms with E-state index in [0.29, 0.717) is 11.1 Å². The molecule has 2 heterocycles. The number of hydrogen-bond donors (Lipinski definition) is 7. The highest BCUT2D eigenvalue weighted by Gasteiger charge is 2.54. The minimum atomic E-state index is -2.16. The van der Waals surface area contributed by atoms with Crippen molar-refractivity contribution in [2.45, 2.75) is 163 Å². The standard InChI is InChI=1S/C59H73FN12O16/c1-34-24-43(66-55(78)52(41(60)27-65-70-62)81-31-36-16-8-3-9-17-36)48(75)54(88-57-50(77)53(45(30-73)86-57)85-44-25-39(26-64-69-61)47(74)49(76)46(44)68-71-63)51(34)87-56-42(67-58(79)82-32-37-18-10-4-11-19-37)23-22-40(84-56)29-72(28-35-14-6-2-7-15-35)59(80)83-33-38-20-12-5-13-21-38/h2-21,34,39-54,56-57,73-77H,22-33H2,1H3,(H,66,78)(H,67,79)/t34-,39-,40-,41+,42+,43+,44-,45+,46-,47+,48-,49+,50+,51+,52-,53+,54+,56+,57-/m0/s1. The Morgan fingerprint density at radius 2 is 1.27 bits per heavy atom. The molecule has 2 saturated heterocycles. The highest BCUT2D eigenvalue weighted by molar-refractivity contribution is 5.82. The number of carbonyl (C=O) groups excluding carboxylic acids is 3. The third kappa shape index (κ3) is 18.0. The van der Waals surface area contributed by atoms with Crippen molar-refractivity contribution in [2.24, 2.45) is 27.2 Å². The van der Waals surface area contributed by atoms with Crippen LogP contribution in [0, 0.1) is 11.8 Å². The Hall–Kier alpha value is -7.69. The zero-order valence-electron chi connectivity index (χ0n) is 48.1. The van der Waals surface area contributed by atoms with Crippen LogP contribution in [0.1, 0.15) is 54.9 Å². The number of alkyl carbamates (subject to hydrolysis) is 1. The number of carbonyl (C=O) groups is 3. The molecule has 88 heavy (non-hydrogen) atoms. The van der Waals surface area contributed by atoms with E-state index in [2.05, 4.69) is 40.7 Å². The normalized spacial score (nSPS) is 30.0. The lowest BCUT2D eigenvalue weighted by Crippen LogP contribution is -2.64. The van der Waals surface area contributed by atoms with Gasteiger partial charge < -0.3 is 79.0 Å². The van der Waals surface area contributed by atoms with Gasteiger partial charge in [0.25, 0.3) is 5.91 Å². The van der Waals surface area contributed by atoms with E-state index in [9.17, 15) is 45.4 Å². The first kappa shape index (κ1) is 66.3. The predicted octanol–water partition coefficient (Wildman–Crippen LogP) is 6.08. The number of amides is 3.